The van der Waals surface area contributed by atoms with Crippen LogP contribution in [0.4, 0.5) is 5.69 Å². The van der Waals surface area contributed by atoms with Gasteiger partial charge in [0.25, 0.3) is 5.69 Å². The predicted molar refractivity (Wildman–Crippen MR) is 66.0 cm³/mol. The Labute approximate surface area is 108 Å². The molecule has 17 heavy (non-hydrogen) atoms. The van der Waals surface area contributed by atoms with Crippen molar-refractivity contribution >= 4 is 38.6 Å². The first-order chi connectivity index (χ1) is 7.74. The highest BCUT2D eigenvalue weighted by Crippen LogP contribution is 2.36. The van der Waals surface area contributed by atoms with E-state index in [4.69, 9.17) is 11.6 Å². The van der Waals surface area contributed by atoms with Crippen LogP contribution in [-0.2, 0) is 10.0 Å². The SMILES string of the molecule is CC(C)CNS(=O)(=O)c1cc([N+](=O)[O-])c(Cl)s1. The molecule has 1 N–H and O–H groups in total. The Morgan fingerprint density at radius 2 is 2.18 bits per heavy atom. The normalized spacial score (nSPS) is 12.0. The summed E-state index contributed by atoms with van der Waals surface area (Å²) in [5, 5.41) is 10.5. The molecule has 9 heteroatoms. The number of rotatable bonds is 5. The molecule has 0 aliphatic rings. The second-order valence-corrected chi connectivity index (χ2v) is 7.38. The fourth-order valence-electron chi connectivity index (χ4n) is 0.943. The van der Waals surface area contributed by atoms with E-state index in [1.165, 1.54) is 0 Å². The molecular weight excluding hydrogens is 288 g/mol. The number of hydrogen-bond donors (Lipinski definition) is 1. The van der Waals surface area contributed by atoms with Crippen LogP contribution in [0.1, 0.15) is 13.8 Å². The van der Waals surface area contributed by atoms with Crippen LogP contribution in [0.3, 0.4) is 0 Å². The van der Waals surface area contributed by atoms with Gasteiger partial charge >= 0.3 is 0 Å². The number of thiophene rings is 1. The molecule has 0 unspecified atom stereocenters. The van der Waals surface area contributed by atoms with Crippen molar-refractivity contribution in [3.05, 3.63) is 20.5 Å². The van der Waals surface area contributed by atoms with Crippen LogP contribution >= 0.6 is 22.9 Å². The molecule has 1 heterocycles. The molecule has 6 nitrogen and oxygen atoms in total. The summed E-state index contributed by atoms with van der Waals surface area (Å²) in [5.41, 5.74) is -0.387. The van der Waals surface area contributed by atoms with Crippen LogP contribution in [0.5, 0.6) is 0 Å². The highest BCUT2D eigenvalue weighted by molar-refractivity contribution is 7.91. The van der Waals surface area contributed by atoms with Crippen LogP contribution in [0.15, 0.2) is 10.3 Å². The fourth-order valence-corrected chi connectivity index (χ4v) is 3.87. The van der Waals surface area contributed by atoms with Gasteiger partial charge in [-0.3, -0.25) is 10.1 Å². The van der Waals surface area contributed by atoms with E-state index in [2.05, 4.69) is 4.72 Å². The Morgan fingerprint density at radius 3 is 2.59 bits per heavy atom. The lowest BCUT2D eigenvalue weighted by atomic mass is 10.2. The Bertz CT molecular complexity index is 524. The molecule has 0 saturated heterocycles. The smallest absolute Gasteiger partial charge is 0.258 e. The summed E-state index contributed by atoms with van der Waals surface area (Å²) in [6, 6.07) is 0.968. The number of nitro groups is 1. The van der Waals surface area contributed by atoms with Crippen molar-refractivity contribution in [2.45, 2.75) is 18.1 Å². The van der Waals surface area contributed by atoms with Crippen molar-refractivity contribution in [1.29, 1.82) is 0 Å². The Hall–Kier alpha value is -0.700. The van der Waals surface area contributed by atoms with E-state index < -0.39 is 14.9 Å². The molecule has 1 aromatic heterocycles. The van der Waals surface area contributed by atoms with Crippen LogP contribution in [0, 0.1) is 16.0 Å². The molecule has 0 spiro atoms. The number of hydrogen-bond acceptors (Lipinski definition) is 5. The van der Waals surface area contributed by atoms with Gasteiger partial charge in [-0.2, -0.15) is 0 Å². The molecule has 0 bridgehead atoms. The minimum atomic E-state index is -3.71. The second-order valence-electron chi connectivity index (χ2n) is 3.73. The highest BCUT2D eigenvalue weighted by Gasteiger charge is 2.25. The van der Waals surface area contributed by atoms with Crippen LogP contribution in [0.25, 0.3) is 0 Å². The summed E-state index contributed by atoms with van der Waals surface area (Å²) in [5.74, 6) is 0.148. The first-order valence-corrected chi connectivity index (χ1v) is 7.35. The third kappa shape index (κ3) is 3.63. The molecule has 1 aromatic rings. The Morgan fingerprint density at radius 1 is 1.59 bits per heavy atom. The number of nitrogens with zero attached hydrogens (tertiary/aromatic N) is 1. The van der Waals surface area contributed by atoms with Gasteiger partial charge in [0.1, 0.15) is 4.21 Å². The number of sulfonamides is 1. The number of nitrogens with one attached hydrogen (secondary N) is 1. The third-order valence-corrected chi connectivity index (χ3v) is 5.02. The summed E-state index contributed by atoms with van der Waals surface area (Å²) in [6.07, 6.45) is 0. The monoisotopic (exact) mass is 298 g/mol. The van der Waals surface area contributed by atoms with E-state index >= 15 is 0 Å². The van der Waals surface area contributed by atoms with Gasteiger partial charge in [-0.05, 0) is 5.92 Å². The van der Waals surface area contributed by atoms with Gasteiger partial charge in [-0.25, -0.2) is 13.1 Å². The van der Waals surface area contributed by atoms with E-state index in [-0.39, 0.29) is 26.7 Å². The summed E-state index contributed by atoms with van der Waals surface area (Å²) in [6.45, 7) is 3.98. The Balaban J connectivity index is 3.00. The lowest BCUT2D eigenvalue weighted by Crippen LogP contribution is -2.26. The molecule has 0 radical (unpaired) electrons. The lowest BCUT2D eigenvalue weighted by molar-refractivity contribution is -0.384. The van der Waals surface area contributed by atoms with Crippen LogP contribution in [-0.4, -0.2) is 19.9 Å². The molecule has 0 saturated carbocycles. The van der Waals surface area contributed by atoms with E-state index in [1.54, 1.807) is 0 Å². The molecule has 0 amide bonds. The third-order valence-electron chi connectivity index (χ3n) is 1.79. The quantitative estimate of drug-likeness (QED) is 0.667. The van der Waals surface area contributed by atoms with Crippen molar-refractivity contribution < 1.29 is 13.3 Å². The summed E-state index contributed by atoms with van der Waals surface area (Å²) >= 11 is 6.27. The summed E-state index contributed by atoms with van der Waals surface area (Å²) < 4.78 is 25.6. The van der Waals surface area contributed by atoms with Crippen LogP contribution < -0.4 is 4.72 Å². The topological polar surface area (TPSA) is 89.3 Å². The first kappa shape index (κ1) is 14.4. The fraction of sp³-hybridized carbons (Fsp3) is 0.500. The van der Waals surface area contributed by atoms with Gasteiger partial charge in [0.15, 0.2) is 4.34 Å². The van der Waals surface area contributed by atoms with Gasteiger partial charge in [-0.15, -0.1) is 11.3 Å². The van der Waals surface area contributed by atoms with Crippen molar-refractivity contribution in [1.82, 2.24) is 4.72 Å². The van der Waals surface area contributed by atoms with E-state index in [9.17, 15) is 18.5 Å². The van der Waals surface area contributed by atoms with Gasteiger partial charge in [-0.1, -0.05) is 25.4 Å². The lowest BCUT2D eigenvalue weighted by Gasteiger charge is -2.06. The number of halogens is 1. The molecule has 0 aliphatic carbocycles. The van der Waals surface area contributed by atoms with Gasteiger partial charge < -0.3 is 0 Å². The minimum Gasteiger partial charge on any atom is -0.258 e. The standard InChI is InChI=1S/C8H11ClN2O4S2/c1-5(2)4-10-17(14,15)7-3-6(11(12)13)8(9)16-7/h3,5,10H,4H2,1-2H3. The summed E-state index contributed by atoms with van der Waals surface area (Å²) in [7, 11) is -3.71. The van der Waals surface area contributed by atoms with E-state index in [0.717, 1.165) is 6.07 Å². The molecule has 0 atom stereocenters. The first-order valence-electron chi connectivity index (χ1n) is 4.67. The van der Waals surface area contributed by atoms with Gasteiger partial charge in [0, 0.05) is 12.6 Å². The predicted octanol–water partition coefficient (Wildman–Crippen LogP) is 2.24. The molecule has 1 rings (SSSR count). The van der Waals surface area contributed by atoms with Gasteiger partial charge in [0.05, 0.1) is 4.92 Å². The Kier molecular flexibility index (Phi) is 4.48. The maximum atomic E-state index is 11.7. The highest BCUT2D eigenvalue weighted by atomic mass is 35.5. The van der Waals surface area contributed by atoms with Crippen molar-refractivity contribution in [3.63, 3.8) is 0 Å². The van der Waals surface area contributed by atoms with Crippen LogP contribution in [0.2, 0.25) is 4.34 Å². The average molecular weight is 299 g/mol. The molecular formula is C8H11ClN2O4S2. The maximum absolute atomic E-state index is 11.7. The zero-order chi connectivity index (χ0) is 13.2. The second kappa shape index (κ2) is 5.30. The minimum absolute atomic E-state index is 0.139. The van der Waals surface area contributed by atoms with E-state index in [1.807, 2.05) is 13.8 Å². The largest absolute Gasteiger partial charge is 0.300 e. The molecule has 96 valence electrons. The van der Waals surface area contributed by atoms with Gasteiger partial charge in [0.2, 0.25) is 10.0 Å². The van der Waals surface area contributed by atoms with E-state index in [0.29, 0.717) is 11.3 Å². The van der Waals surface area contributed by atoms with Crippen molar-refractivity contribution in [2.24, 2.45) is 5.92 Å². The average Bonchev–Trinajstić information content (AvgIpc) is 2.58. The zero-order valence-corrected chi connectivity index (χ0v) is 11.5. The molecule has 0 aliphatic heterocycles. The van der Waals surface area contributed by atoms with Crippen molar-refractivity contribution in [3.8, 4) is 0 Å². The maximum Gasteiger partial charge on any atom is 0.300 e. The summed E-state index contributed by atoms with van der Waals surface area (Å²) in [4.78, 5) is 9.83. The van der Waals surface area contributed by atoms with Crippen molar-refractivity contribution in [2.75, 3.05) is 6.54 Å². The molecule has 0 aromatic carbocycles. The zero-order valence-electron chi connectivity index (χ0n) is 9.14. The molecule has 0 fully saturated rings.